The highest BCUT2D eigenvalue weighted by atomic mass is 32.1. The third kappa shape index (κ3) is 3.32. The molecule has 0 atom stereocenters. The molecule has 0 radical (unpaired) electrons. The average Bonchev–Trinajstić information content (AvgIpc) is 2.83. The molecule has 21 heavy (non-hydrogen) atoms. The van der Waals surface area contributed by atoms with Crippen LogP contribution in [0.2, 0.25) is 0 Å². The SMILES string of the molecule is CC(C)c1nc(C(=O)O)c(-c2ccc(C(C)(C)C)cc2)s1. The maximum atomic E-state index is 11.4. The number of aromatic carboxylic acids is 1. The molecule has 0 unspecified atom stereocenters. The van der Waals surface area contributed by atoms with E-state index in [0.717, 1.165) is 15.4 Å². The minimum atomic E-state index is -0.965. The fourth-order valence-corrected chi connectivity index (χ4v) is 3.11. The van der Waals surface area contributed by atoms with E-state index in [2.05, 4.69) is 37.9 Å². The Morgan fingerprint density at radius 1 is 1.19 bits per heavy atom. The Bertz CT molecular complexity index is 648. The van der Waals surface area contributed by atoms with Crippen molar-refractivity contribution in [2.24, 2.45) is 0 Å². The number of hydrogen-bond donors (Lipinski definition) is 1. The second-order valence-electron chi connectivity index (χ2n) is 6.52. The third-order valence-corrected chi connectivity index (χ3v) is 4.76. The molecule has 0 bridgehead atoms. The molecule has 1 aromatic heterocycles. The Balaban J connectivity index is 2.48. The van der Waals surface area contributed by atoms with Crippen LogP contribution in [-0.2, 0) is 5.41 Å². The highest BCUT2D eigenvalue weighted by molar-refractivity contribution is 7.15. The minimum Gasteiger partial charge on any atom is -0.476 e. The van der Waals surface area contributed by atoms with E-state index in [0.29, 0.717) is 0 Å². The van der Waals surface area contributed by atoms with Gasteiger partial charge in [-0.1, -0.05) is 58.9 Å². The van der Waals surface area contributed by atoms with E-state index in [9.17, 15) is 9.90 Å². The van der Waals surface area contributed by atoms with Crippen molar-refractivity contribution < 1.29 is 9.90 Å². The molecule has 0 amide bonds. The van der Waals surface area contributed by atoms with Crippen LogP contribution in [-0.4, -0.2) is 16.1 Å². The van der Waals surface area contributed by atoms with Gasteiger partial charge in [0.1, 0.15) is 0 Å². The van der Waals surface area contributed by atoms with E-state index in [-0.39, 0.29) is 17.0 Å². The predicted molar refractivity (Wildman–Crippen MR) is 87.3 cm³/mol. The molecule has 112 valence electrons. The Hall–Kier alpha value is -1.68. The van der Waals surface area contributed by atoms with Crippen LogP contribution in [0.5, 0.6) is 0 Å². The first-order chi connectivity index (χ1) is 9.70. The first-order valence-corrected chi connectivity index (χ1v) is 7.86. The van der Waals surface area contributed by atoms with Gasteiger partial charge in [-0.05, 0) is 16.5 Å². The predicted octanol–water partition coefficient (Wildman–Crippen LogP) is 4.93. The lowest BCUT2D eigenvalue weighted by molar-refractivity contribution is 0.0692. The van der Waals surface area contributed by atoms with E-state index in [1.807, 2.05) is 26.0 Å². The molecule has 1 aromatic carbocycles. The molecule has 0 fully saturated rings. The number of aromatic nitrogens is 1. The van der Waals surface area contributed by atoms with Gasteiger partial charge in [0.05, 0.1) is 9.88 Å². The maximum absolute atomic E-state index is 11.4. The number of carbonyl (C=O) groups is 1. The van der Waals surface area contributed by atoms with Crippen LogP contribution in [0.4, 0.5) is 0 Å². The van der Waals surface area contributed by atoms with E-state index >= 15 is 0 Å². The molecule has 0 aliphatic carbocycles. The van der Waals surface area contributed by atoms with E-state index < -0.39 is 5.97 Å². The molecule has 0 aliphatic rings. The number of rotatable bonds is 3. The standard InChI is InChI=1S/C17H21NO2S/c1-10(2)15-18-13(16(19)20)14(21-15)11-6-8-12(9-7-11)17(3,4)5/h6-10H,1-5H3,(H,19,20). The summed E-state index contributed by atoms with van der Waals surface area (Å²) in [4.78, 5) is 16.4. The largest absolute Gasteiger partial charge is 0.476 e. The maximum Gasteiger partial charge on any atom is 0.356 e. The zero-order valence-corrected chi connectivity index (χ0v) is 13.9. The molecule has 1 N–H and O–H groups in total. The van der Waals surface area contributed by atoms with E-state index in [1.165, 1.54) is 16.9 Å². The van der Waals surface area contributed by atoms with Crippen LogP contribution in [0.3, 0.4) is 0 Å². The number of thiazole rings is 1. The smallest absolute Gasteiger partial charge is 0.356 e. The van der Waals surface area contributed by atoms with Crippen LogP contribution >= 0.6 is 11.3 Å². The van der Waals surface area contributed by atoms with Crippen molar-refractivity contribution >= 4 is 17.3 Å². The minimum absolute atomic E-state index is 0.0882. The van der Waals surface area contributed by atoms with E-state index in [4.69, 9.17) is 0 Å². The topological polar surface area (TPSA) is 50.2 Å². The Labute approximate surface area is 129 Å². The summed E-state index contributed by atoms with van der Waals surface area (Å²) in [7, 11) is 0. The van der Waals surface area contributed by atoms with Crippen LogP contribution in [0.25, 0.3) is 10.4 Å². The second kappa shape index (κ2) is 5.60. The van der Waals surface area contributed by atoms with Crippen molar-refractivity contribution in [1.29, 1.82) is 0 Å². The number of nitrogens with zero attached hydrogens (tertiary/aromatic N) is 1. The van der Waals surface area contributed by atoms with Crippen molar-refractivity contribution in [3.8, 4) is 10.4 Å². The van der Waals surface area contributed by atoms with Gasteiger partial charge >= 0.3 is 5.97 Å². The molecule has 4 heteroatoms. The molecule has 0 aliphatic heterocycles. The summed E-state index contributed by atoms with van der Waals surface area (Å²) in [5, 5.41) is 10.2. The summed E-state index contributed by atoms with van der Waals surface area (Å²) >= 11 is 1.47. The van der Waals surface area contributed by atoms with Gasteiger partial charge in [-0.25, -0.2) is 9.78 Å². The van der Waals surface area contributed by atoms with Gasteiger partial charge in [-0.15, -0.1) is 11.3 Å². The number of carboxylic acids is 1. The summed E-state index contributed by atoms with van der Waals surface area (Å²) in [6.45, 7) is 10.5. The lowest BCUT2D eigenvalue weighted by Crippen LogP contribution is -2.10. The van der Waals surface area contributed by atoms with Crippen molar-refractivity contribution in [3.05, 3.63) is 40.5 Å². The molecule has 1 heterocycles. The van der Waals surface area contributed by atoms with Gasteiger partial charge in [-0.3, -0.25) is 0 Å². The zero-order chi connectivity index (χ0) is 15.8. The lowest BCUT2D eigenvalue weighted by Gasteiger charge is -2.19. The normalized spacial score (nSPS) is 11.9. The molecular formula is C17H21NO2S. The first-order valence-electron chi connectivity index (χ1n) is 7.05. The molecule has 2 rings (SSSR count). The van der Waals surface area contributed by atoms with Crippen LogP contribution in [0, 0.1) is 0 Å². The molecule has 0 saturated heterocycles. The fraction of sp³-hybridized carbons (Fsp3) is 0.412. The molecule has 0 spiro atoms. The van der Waals surface area contributed by atoms with Crippen LogP contribution < -0.4 is 0 Å². The summed E-state index contributed by atoms with van der Waals surface area (Å²) < 4.78 is 0. The quantitative estimate of drug-likeness (QED) is 0.874. The molecule has 2 aromatic rings. The molecular weight excluding hydrogens is 282 g/mol. The lowest BCUT2D eigenvalue weighted by atomic mass is 9.86. The Morgan fingerprint density at radius 2 is 1.76 bits per heavy atom. The van der Waals surface area contributed by atoms with Crippen LogP contribution in [0.15, 0.2) is 24.3 Å². The number of hydrogen-bond acceptors (Lipinski definition) is 3. The van der Waals surface area contributed by atoms with Gasteiger partial charge in [-0.2, -0.15) is 0 Å². The summed E-state index contributed by atoms with van der Waals surface area (Å²) in [6.07, 6.45) is 0. The second-order valence-corrected chi connectivity index (χ2v) is 7.55. The monoisotopic (exact) mass is 303 g/mol. The highest BCUT2D eigenvalue weighted by Gasteiger charge is 2.21. The number of carboxylic acid groups (broad SMARTS) is 1. The van der Waals surface area contributed by atoms with E-state index in [1.54, 1.807) is 0 Å². The van der Waals surface area contributed by atoms with Crippen LogP contribution in [0.1, 0.15) is 61.6 Å². The fourth-order valence-electron chi connectivity index (χ4n) is 2.05. The van der Waals surface area contributed by atoms with Gasteiger partial charge in [0.2, 0.25) is 0 Å². The van der Waals surface area contributed by atoms with Gasteiger partial charge in [0, 0.05) is 5.92 Å². The first kappa shape index (κ1) is 15.7. The van der Waals surface area contributed by atoms with Gasteiger partial charge < -0.3 is 5.11 Å². The summed E-state index contributed by atoms with van der Waals surface area (Å²) in [5.74, 6) is -0.733. The summed E-state index contributed by atoms with van der Waals surface area (Å²) in [6, 6.07) is 8.11. The average molecular weight is 303 g/mol. The highest BCUT2D eigenvalue weighted by Crippen LogP contribution is 2.34. The number of benzene rings is 1. The summed E-state index contributed by atoms with van der Waals surface area (Å²) in [5.41, 5.74) is 2.40. The van der Waals surface area contributed by atoms with Gasteiger partial charge in [0.25, 0.3) is 0 Å². The van der Waals surface area contributed by atoms with Crippen molar-refractivity contribution in [2.45, 2.75) is 46.0 Å². The van der Waals surface area contributed by atoms with Crippen molar-refractivity contribution in [2.75, 3.05) is 0 Å². The Morgan fingerprint density at radius 3 is 2.19 bits per heavy atom. The van der Waals surface area contributed by atoms with Gasteiger partial charge in [0.15, 0.2) is 5.69 Å². The van der Waals surface area contributed by atoms with Crippen molar-refractivity contribution in [1.82, 2.24) is 4.98 Å². The van der Waals surface area contributed by atoms with Crippen molar-refractivity contribution in [3.63, 3.8) is 0 Å². The zero-order valence-electron chi connectivity index (χ0n) is 13.1. The molecule has 0 saturated carbocycles. The Kier molecular flexibility index (Phi) is 4.19. The molecule has 3 nitrogen and oxygen atoms in total. The third-order valence-electron chi connectivity index (χ3n) is 3.35.